The normalized spacial score (nSPS) is 10.3. The van der Waals surface area contributed by atoms with E-state index in [4.69, 9.17) is 16.3 Å². The fraction of sp³-hybridized carbons (Fsp3) is 0.429. The highest BCUT2D eigenvalue weighted by Crippen LogP contribution is 2.27. The Hall–Kier alpha value is -1.39. The topological polar surface area (TPSA) is 46.6 Å². The van der Waals surface area contributed by atoms with Crippen molar-refractivity contribution in [2.75, 3.05) is 24.6 Å². The van der Waals surface area contributed by atoms with E-state index >= 15 is 0 Å². The molecule has 0 aliphatic heterocycles. The van der Waals surface area contributed by atoms with Crippen LogP contribution in [0.3, 0.4) is 0 Å². The Bertz CT molecular complexity index is 474. The molecule has 0 N–H and O–H groups in total. The van der Waals surface area contributed by atoms with E-state index in [9.17, 15) is 9.59 Å². The maximum Gasteiger partial charge on any atom is 0.243 e. The molecule has 0 aromatic heterocycles. The zero-order chi connectivity index (χ0) is 14.4. The molecule has 0 aliphatic carbocycles. The molecule has 0 saturated heterocycles. The summed E-state index contributed by atoms with van der Waals surface area (Å²) in [6.45, 7) is 3.52. The lowest BCUT2D eigenvalue weighted by Gasteiger charge is -2.25. The van der Waals surface area contributed by atoms with Gasteiger partial charge in [0, 0.05) is 12.7 Å². The molecule has 0 unspecified atom stereocenters. The van der Waals surface area contributed by atoms with Crippen molar-refractivity contribution in [1.82, 2.24) is 0 Å². The molecule has 1 aromatic rings. The highest BCUT2D eigenvalue weighted by molar-refractivity contribution is 6.29. The van der Waals surface area contributed by atoms with Crippen molar-refractivity contribution in [3.63, 3.8) is 0 Å². The SMILES string of the molecule is CCc1cccc(C(C)=O)c1N(COC)C(=O)CCl. The summed E-state index contributed by atoms with van der Waals surface area (Å²) in [7, 11) is 1.50. The summed E-state index contributed by atoms with van der Waals surface area (Å²) in [6.07, 6.45) is 0.715. The Morgan fingerprint density at radius 3 is 2.53 bits per heavy atom. The highest BCUT2D eigenvalue weighted by atomic mass is 35.5. The molecular formula is C14H18ClNO3. The molecule has 104 valence electrons. The smallest absolute Gasteiger partial charge is 0.243 e. The van der Waals surface area contributed by atoms with Gasteiger partial charge in [0.2, 0.25) is 5.91 Å². The molecule has 0 radical (unpaired) electrons. The van der Waals surface area contributed by atoms with Gasteiger partial charge in [-0.15, -0.1) is 11.6 Å². The fourth-order valence-corrected chi connectivity index (χ4v) is 2.09. The Kier molecular flexibility index (Phi) is 5.99. The van der Waals surface area contributed by atoms with E-state index in [-0.39, 0.29) is 24.3 Å². The average Bonchev–Trinajstić information content (AvgIpc) is 2.43. The predicted molar refractivity (Wildman–Crippen MR) is 75.9 cm³/mol. The Morgan fingerprint density at radius 1 is 1.37 bits per heavy atom. The quantitative estimate of drug-likeness (QED) is 0.458. The maximum atomic E-state index is 11.9. The molecule has 0 aliphatic rings. The van der Waals surface area contributed by atoms with E-state index in [1.54, 1.807) is 6.07 Å². The molecular weight excluding hydrogens is 266 g/mol. The lowest BCUT2D eigenvalue weighted by molar-refractivity contribution is -0.117. The van der Waals surface area contributed by atoms with Crippen LogP contribution >= 0.6 is 11.6 Å². The number of alkyl halides is 1. The molecule has 0 saturated carbocycles. The minimum absolute atomic E-state index is 0.0723. The number of Topliss-reactive ketones (excluding diaryl/α,β-unsaturated/α-hetero) is 1. The van der Waals surface area contributed by atoms with Crippen LogP contribution in [0.2, 0.25) is 0 Å². The minimum atomic E-state index is -0.285. The number of rotatable bonds is 6. The summed E-state index contributed by atoms with van der Waals surface area (Å²) < 4.78 is 5.05. The van der Waals surface area contributed by atoms with E-state index in [0.29, 0.717) is 17.7 Å². The van der Waals surface area contributed by atoms with Gasteiger partial charge in [0.15, 0.2) is 5.78 Å². The van der Waals surface area contributed by atoms with Crippen LogP contribution in [-0.2, 0) is 16.0 Å². The molecule has 1 amide bonds. The lowest BCUT2D eigenvalue weighted by Crippen LogP contribution is -2.35. The number of halogens is 1. The molecule has 0 atom stereocenters. The lowest BCUT2D eigenvalue weighted by atomic mass is 10.0. The van der Waals surface area contributed by atoms with Crippen molar-refractivity contribution < 1.29 is 14.3 Å². The van der Waals surface area contributed by atoms with Crippen molar-refractivity contribution in [2.45, 2.75) is 20.3 Å². The van der Waals surface area contributed by atoms with Crippen LogP contribution < -0.4 is 4.90 Å². The standard InChI is InChI=1S/C14H18ClNO3/c1-4-11-6-5-7-12(10(2)17)14(11)16(9-19-3)13(18)8-15/h5-7H,4,8-9H2,1-3H3. The fourth-order valence-electron chi connectivity index (χ4n) is 1.94. The number of carbonyl (C=O) groups excluding carboxylic acids is 2. The van der Waals surface area contributed by atoms with Crippen LogP contribution in [0, 0.1) is 0 Å². The number of hydrogen-bond donors (Lipinski definition) is 0. The number of nitrogens with zero attached hydrogens (tertiary/aromatic N) is 1. The molecule has 0 heterocycles. The molecule has 1 aromatic carbocycles. The summed E-state index contributed by atoms with van der Waals surface area (Å²) >= 11 is 5.63. The van der Waals surface area contributed by atoms with Crippen molar-refractivity contribution >= 4 is 29.0 Å². The first-order chi connectivity index (χ1) is 9.06. The van der Waals surface area contributed by atoms with Crippen LogP contribution in [0.1, 0.15) is 29.8 Å². The van der Waals surface area contributed by atoms with Crippen LogP contribution in [0.15, 0.2) is 18.2 Å². The molecule has 0 bridgehead atoms. The molecule has 19 heavy (non-hydrogen) atoms. The first-order valence-electron chi connectivity index (χ1n) is 6.04. The van der Waals surface area contributed by atoms with E-state index in [2.05, 4.69) is 0 Å². The number of hydrogen-bond acceptors (Lipinski definition) is 3. The third-order valence-corrected chi connectivity index (χ3v) is 3.05. The van der Waals surface area contributed by atoms with Gasteiger partial charge in [-0.3, -0.25) is 14.5 Å². The van der Waals surface area contributed by atoms with E-state index < -0.39 is 0 Å². The molecule has 0 fully saturated rings. The largest absolute Gasteiger partial charge is 0.364 e. The molecule has 1 rings (SSSR count). The Morgan fingerprint density at radius 2 is 2.05 bits per heavy atom. The molecule has 4 nitrogen and oxygen atoms in total. The minimum Gasteiger partial charge on any atom is -0.364 e. The number of benzene rings is 1. The van der Waals surface area contributed by atoms with Crippen LogP contribution in [0.25, 0.3) is 0 Å². The highest BCUT2D eigenvalue weighted by Gasteiger charge is 2.22. The van der Waals surface area contributed by atoms with E-state index in [1.165, 1.54) is 18.9 Å². The third-order valence-electron chi connectivity index (χ3n) is 2.82. The van der Waals surface area contributed by atoms with Gasteiger partial charge in [-0.25, -0.2) is 0 Å². The van der Waals surface area contributed by atoms with Crippen molar-refractivity contribution in [3.8, 4) is 0 Å². The van der Waals surface area contributed by atoms with Gasteiger partial charge in [-0.05, 0) is 25.0 Å². The zero-order valence-electron chi connectivity index (χ0n) is 11.4. The number of ether oxygens (including phenoxy) is 1. The van der Waals surface area contributed by atoms with E-state index in [1.807, 2.05) is 19.1 Å². The summed E-state index contributed by atoms with van der Waals surface area (Å²) in [5, 5.41) is 0. The molecule has 0 spiro atoms. The number of carbonyl (C=O) groups is 2. The van der Waals surface area contributed by atoms with Gasteiger partial charge in [-0.2, -0.15) is 0 Å². The van der Waals surface area contributed by atoms with Gasteiger partial charge in [0.25, 0.3) is 0 Å². The van der Waals surface area contributed by atoms with Gasteiger partial charge >= 0.3 is 0 Å². The Labute approximate surface area is 118 Å². The van der Waals surface area contributed by atoms with Crippen molar-refractivity contribution in [1.29, 1.82) is 0 Å². The summed E-state index contributed by atoms with van der Waals surface area (Å²) in [5.74, 6) is -0.528. The van der Waals surface area contributed by atoms with E-state index in [0.717, 1.165) is 5.56 Å². The second kappa shape index (κ2) is 7.26. The maximum absolute atomic E-state index is 11.9. The summed E-state index contributed by atoms with van der Waals surface area (Å²) in [5.41, 5.74) is 2.03. The predicted octanol–water partition coefficient (Wildman–Crippen LogP) is 2.63. The number of para-hydroxylation sites is 1. The first-order valence-corrected chi connectivity index (χ1v) is 6.58. The number of ketones is 1. The molecule has 5 heteroatoms. The number of aryl methyl sites for hydroxylation is 1. The number of methoxy groups -OCH3 is 1. The van der Waals surface area contributed by atoms with Crippen molar-refractivity contribution in [3.05, 3.63) is 29.3 Å². The monoisotopic (exact) mass is 283 g/mol. The van der Waals surface area contributed by atoms with Gasteiger partial charge < -0.3 is 4.74 Å². The average molecular weight is 284 g/mol. The van der Waals surface area contributed by atoms with Gasteiger partial charge in [-0.1, -0.05) is 19.1 Å². The zero-order valence-corrected chi connectivity index (χ0v) is 12.2. The van der Waals surface area contributed by atoms with Gasteiger partial charge in [0.05, 0.1) is 5.69 Å². The second-order valence-electron chi connectivity index (χ2n) is 4.10. The van der Waals surface area contributed by atoms with Crippen LogP contribution in [0.4, 0.5) is 5.69 Å². The number of anilines is 1. The van der Waals surface area contributed by atoms with Crippen LogP contribution in [0.5, 0.6) is 0 Å². The van der Waals surface area contributed by atoms with Crippen LogP contribution in [-0.4, -0.2) is 31.4 Å². The second-order valence-corrected chi connectivity index (χ2v) is 4.36. The van der Waals surface area contributed by atoms with Gasteiger partial charge in [0.1, 0.15) is 12.6 Å². The number of amides is 1. The van der Waals surface area contributed by atoms with Crippen molar-refractivity contribution in [2.24, 2.45) is 0 Å². The third kappa shape index (κ3) is 3.55. The summed E-state index contributed by atoms with van der Waals surface area (Å²) in [4.78, 5) is 25.1. The first kappa shape index (κ1) is 15.7. The summed E-state index contributed by atoms with van der Waals surface area (Å²) in [6, 6.07) is 5.42. The Balaban J connectivity index is 3.41.